The van der Waals surface area contributed by atoms with Crippen LogP contribution in [-0.2, 0) is 28.2 Å². The van der Waals surface area contributed by atoms with Crippen LogP contribution >= 0.6 is 7.82 Å². The zero-order chi connectivity index (χ0) is 31.9. The van der Waals surface area contributed by atoms with Gasteiger partial charge in [0.2, 0.25) is 0 Å². The molecule has 9 heteroatoms. The van der Waals surface area contributed by atoms with Crippen LogP contribution < -0.4 is 0 Å². The molecule has 0 saturated carbocycles. The third-order valence-corrected chi connectivity index (χ3v) is 7.68. The summed E-state index contributed by atoms with van der Waals surface area (Å²) in [6.07, 6.45) is 31.9. The summed E-state index contributed by atoms with van der Waals surface area (Å²) in [5, 5.41) is 0. The molecule has 0 heterocycles. The molecule has 0 aromatic rings. The van der Waals surface area contributed by atoms with Crippen LogP contribution in [0, 0.1) is 0 Å². The largest absolute Gasteiger partial charge is 0.469 e. The van der Waals surface area contributed by atoms with Crippen LogP contribution in [0.15, 0.2) is 24.3 Å². The van der Waals surface area contributed by atoms with E-state index in [-0.39, 0.29) is 19.4 Å². The summed E-state index contributed by atoms with van der Waals surface area (Å²) in [6.45, 7) is 3.61. The van der Waals surface area contributed by atoms with Gasteiger partial charge in [-0.15, -0.1) is 0 Å². The number of unbranched alkanes of at least 4 members (excludes halogenated alkanes) is 17. The molecule has 0 fully saturated rings. The second-order valence-electron chi connectivity index (χ2n) is 11.5. The molecule has 1 atom stereocenters. The predicted octanol–water partition coefficient (Wildman–Crippen LogP) is 9.68. The van der Waals surface area contributed by atoms with Crippen molar-refractivity contribution in [3.05, 3.63) is 24.3 Å². The number of esters is 2. The number of ether oxygens (including phenoxy) is 2. The zero-order valence-corrected chi connectivity index (χ0v) is 28.2. The van der Waals surface area contributed by atoms with E-state index < -0.39 is 32.5 Å². The van der Waals surface area contributed by atoms with Crippen LogP contribution in [-0.4, -0.2) is 41.0 Å². The number of phosphoric acid groups is 1. The normalized spacial score (nSPS) is 12.7. The second kappa shape index (κ2) is 30.6. The summed E-state index contributed by atoms with van der Waals surface area (Å²) in [6, 6.07) is 0. The number of hydrogen-bond acceptors (Lipinski definition) is 6. The van der Waals surface area contributed by atoms with Crippen molar-refractivity contribution in [1.82, 2.24) is 0 Å². The molecule has 0 aromatic heterocycles. The third-order valence-electron chi connectivity index (χ3n) is 7.19. The van der Waals surface area contributed by atoms with E-state index >= 15 is 0 Å². The molecule has 0 saturated heterocycles. The van der Waals surface area contributed by atoms with Crippen LogP contribution in [0.5, 0.6) is 0 Å². The maximum absolute atomic E-state index is 12.3. The topological polar surface area (TPSA) is 119 Å². The van der Waals surface area contributed by atoms with Crippen molar-refractivity contribution >= 4 is 19.8 Å². The van der Waals surface area contributed by atoms with Crippen molar-refractivity contribution in [3.63, 3.8) is 0 Å². The van der Waals surface area contributed by atoms with Gasteiger partial charge in [-0.1, -0.05) is 109 Å². The standard InChI is InChI=1S/C34H63O8P/c1-3-5-7-9-11-13-15-17-19-21-23-25-27-29-34(36)42-32(31-41-43(37,38)39)30-40-33(35)28-26-24-22-20-18-16-14-12-10-8-6-4-2/h12,14,17,19,32H,3-11,13,15-16,18,20-31H2,1-2H3,(H2,37,38,39)/b14-12+,19-17+/t32-/m1/s1. The first-order valence-electron chi connectivity index (χ1n) is 17.1. The maximum Gasteiger partial charge on any atom is 0.469 e. The Morgan fingerprint density at radius 2 is 0.977 bits per heavy atom. The monoisotopic (exact) mass is 630 g/mol. The molecule has 43 heavy (non-hydrogen) atoms. The third kappa shape index (κ3) is 33.3. The van der Waals surface area contributed by atoms with Gasteiger partial charge >= 0.3 is 19.8 Å². The Bertz CT molecular complexity index is 761. The van der Waals surface area contributed by atoms with Crippen molar-refractivity contribution < 1.29 is 37.9 Å². The lowest BCUT2D eigenvalue weighted by Gasteiger charge is -2.18. The van der Waals surface area contributed by atoms with Gasteiger partial charge in [0.1, 0.15) is 6.61 Å². The van der Waals surface area contributed by atoms with E-state index in [1.54, 1.807) is 0 Å². The van der Waals surface area contributed by atoms with Crippen molar-refractivity contribution in [2.45, 2.75) is 168 Å². The first-order chi connectivity index (χ1) is 20.8. The minimum atomic E-state index is -4.75. The smallest absolute Gasteiger partial charge is 0.462 e. The minimum absolute atomic E-state index is 0.191. The Morgan fingerprint density at radius 1 is 0.581 bits per heavy atom. The lowest BCUT2D eigenvalue weighted by atomic mass is 10.1. The molecule has 0 amide bonds. The summed E-state index contributed by atoms with van der Waals surface area (Å²) < 4.78 is 26.2. The van der Waals surface area contributed by atoms with Gasteiger partial charge < -0.3 is 19.3 Å². The fourth-order valence-electron chi connectivity index (χ4n) is 4.60. The molecule has 0 aromatic carbocycles. The van der Waals surface area contributed by atoms with E-state index in [1.165, 1.54) is 64.2 Å². The minimum Gasteiger partial charge on any atom is -0.462 e. The predicted molar refractivity (Wildman–Crippen MR) is 175 cm³/mol. The van der Waals surface area contributed by atoms with E-state index in [1.807, 2.05) is 0 Å². The fraction of sp³-hybridized carbons (Fsp3) is 0.824. The Morgan fingerprint density at radius 3 is 1.49 bits per heavy atom. The van der Waals surface area contributed by atoms with Crippen molar-refractivity contribution in [2.24, 2.45) is 0 Å². The van der Waals surface area contributed by atoms with Crippen molar-refractivity contribution in [1.29, 1.82) is 0 Å². The Labute approximate surface area is 262 Å². The van der Waals surface area contributed by atoms with Crippen LogP contribution in [0.4, 0.5) is 0 Å². The zero-order valence-electron chi connectivity index (χ0n) is 27.4. The van der Waals surface area contributed by atoms with Gasteiger partial charge in [-0.25, -0.2) is 4.57 Å². The molecule has 0 rings (SSSR count). The first-order valence-corrected chi connectivity index (χ1v) is 18.7. The molecule has 0 unspecified atom stereocenters. The second-order valence-corrected chi connectivity index (χ2v) is 12.7. The van der Waals surface area contributed by atoms with Gasteiger partial charge in [0, 0.05) is 12.8 Å². The summed E-state index contributed by atoms with van der Waals surface area (Å²) in [4.78, 5) is 42.5. The molecule has 0 aliphatic carbocycles. The van der Waals surface area contributed by atoms with Crippen molar-refractivity contribution in [2.75, 3.05) is 13.2 Å². The summed E-state index contributed by atoms with van der Waals surface area (Å²) >= 11 is 0. The molecule has 0 spiro atoms. The number of rotatable bonds is 31. The fourth-order valence-corrected chi connectivity index (χ4v) is 4.96. The number of phosphoric ester groups is 1. The van der Waals surface area contributed by atoms with Gasteiger partial charge in [0.25, 0.3) is 0 Å². The Kier molecular flexibility index (Phi) is 29.5. The van der Waals surface area contributed by atoms with Gasteiger partial charge in [0.15, 0.2) is 6.10 Å². The summed E-state index contributed by atoms with van der Waals surface area (Å²) in [5.41, 5.74) is 0. The van der Waals surface area contributed by atoms with Gasteiger partial charge in [-0.05, 0) is 64.2 Å². The van der Waals surface area contributed by atoms with Crippen LogP contribution in [0.25, 0.3) is 0 Å². The lowest BCUT2D eigenvalue weighted by molar-refractivity contribution is -0.161. The highest BCUT2D eigenvalue weighted by atomic mass is 31.2. The van der Waals surface area contributed by atoms with E-state index in [2.05, 4.69) is 42.7 Å². The van der Waals surface area contributed by atoms with E-state index in [0.717, 1.165) is 57.8 Å². The first kappa shape index (κ1) is 41.5. The molecule has 0 bridgehead atoms. The molecule has 252 valence electrons. The molecule has 8 nitrogen and oxygen atoms in total. The van der Waals surface area contributed by atoms with Crippen LogP contribution in [0.3, 0.4) is 0 Å². The van der Waals surface area contributed by atoms with E-state index in [9.17, 15) is 14.2 Å². The summed E-state index contributed by atoms with van der Waals surface area (Å²) in [7, 11) is -4.75. The van der Waals surface area contributed by atoms with Gasteiger partial charge in [0.05, 0.1) is 6.61 Å². The number of carbonyl (C=O) groups excluding carboxylic acids is 2. The molecule has 2 N–H and O–H groups in total. The Hall–Kier alpha value is -1.47. The molecular formula is C34H63O8P. The lowest BCUT2D eigenvalue weighted by Crippen LogP contribution is -2.29. The molecule has 0 radical (unpaired) electrons. The SMILES string of the molecule is CCCCC/C=C/CCCCCCCC(=O)OC[C@H](COP(=O)(O)O)OC(=O)CCCCC/C=C/CCCCCCCC. The average Bonchev–Trinajstić information content (AvgIpc) is 2.97. The van der Waals surface area contributed by atoms with Crippen LogP contribution in [0.1, 0.15) is 162 Å². The quantitative estimate of drug-likeness (QED) is 0.0336. The molecular weight excluding hydrogens is 567 g/mol. The maximum atomic E-state index is 12.3. The highest BCUT2D eigenvalue weighted by Crippen LogP contribution is 2.35. The Balaban J connectivity index is 4.05. The van der Waals surface area contributed by atoms with Crippen molar-refractivity contribution in [3.8, 4) is 0 Å². The molecule has 0 aliphatic rings. The summed E-state index contributed by atoms with van der Waals surface area (Å²) in [5.74, 6) is -0.915. The number of allylic oxidation sites excluding steroid dienone is 4. The van der Waals surface area contributed by atoms with Gasteiger partial charge in [-0.2, -0.15) is 0 Å². The van der Waals surface area contributed by atoms with Gasteiger partial charge in [-0.3, -0.25) is 14.1 Å². The highest BCUT2D eigenvalue weighted by Gasteiger charge is 2.22. The van der Waals surface area contributed by atoms with Crippen LogP contribution in [0.2, 0.25) is 0 Å². The van der Waals surface area contributed by atoms with E-state index in [4.69, 9.17) is 19.3 Å². The highest BCUT2D eigenvalue weighted by molar-refractivity contribution is 7.46. The molecule has 0 aliphatic heterocycles. The number of carbonyl (C=O) groups is 2. The number of hydrogen-bond donors (Lipinski definition) is 2. The average molecular weight is 631 g/mol. The van der Waals surface area contributed by atoms with E-state index in [0.29, 0.717) is 12.8 Å².